The normalized spacial score (nSPS) is 24.3. The number of carbonyl (C=O) groups excluding carboxylic acids is 1. The van der Waals surface area contributed by atoms with Gasteiger partial charge in [-0.2, -0.15) is 0 Å². The highest BCUT2D eigenvalue weighted by atomic mass is 16.6. The third-order valence-corrected chi connectivity index (χ3v) is 4.92. The van der Waals surface area contributed by atoms with Crippen LogP contribution in [0.4, 0.5) is 4.79 Å². The Morgan fingerprint density at radius 2 is 2.04 bits per heavy atom. The molecule has 5 rings (SSSR count). The van der Waals surface area contributed by atoms with Crippen LogP contribution in [0.15, 0.2) is 54.9 Å². The van der Waals surface area contributed by atoms with Crippen molar-refractivity contribution in [1.29, 1.82) is 0 Å². The Bertz CT molecular complexity index is 699. The lowest BCUT2D eigenvalue weighted by Crippen LogP contribution is -2.52. The molecule has 1 amide bonds. The van der Waals surface area contributed by atoms with Crippen LogP contribution in [0.5, 0.6) is 5.75 Å². The summed E-state index contributed by atoms with van der Waals surface area (Å²) in [5, 5.41) is 0. The fraction of sp³-hybridized carbons (Fsp3) is 0.368. The highest BCUT2D eigenvalue weighted by molar-refractivity contribution is 5.70. The zero-order valence-electron chi connectivity index (χ0n) is 13.4. The maximum atomic E-state index is 12.5. The molecule has 5 nitrogen and oxygen atoms in total. The molecule has 1 saturated carbocycles. The zero-order valence-corrected chi connectivity index (χ0v) is 13.4. The summed E-state index contributed by atoms with van der Waals surface area (Å²) in [4.78, 5) is 18.4. The maximum absolute atomic E-state index is 12.5. The predicted molar refractivity (Wildman–Crippen MR) is 88.5 cm³/mol. The molecule has 24 heavy (non-hydrogen) atoms. The lowest BCUT2D eigenvalue weighted by Gasteiger charge is -2.41. The lowest BCUT2D eigenvalue weighted by molar-refractivity contribution is 0.0308. The first-order valence-electron chi connectivity index (χ1n) is 8.26. The molecule has 2 bridgehead atoms. The fourth-order valence-electron chi connectivity index (χ4n) is 3.73. The van der Waals surface area contributed by atoms with Gasteiger partial charge in [-0.1, -0.05) is 30.3 Å². The molecule has 3 heterocycles. The monoisotopic (exact) mass is 324 g/mol. The van der Waals surface area contributed by atoms with Crippen molar-refractivity contribution in [2.24, 2.45) is 5.92 Å². The third-order valence-electron chi connectivity index (χ3n) is 4.92. The number of nitrogens with zero attached hydrogens (tertiary/aromatic N) is 2. The summed E-state index contributed by atoms with van der Waals surface area (Å²) in [5.74, 6) is 1.31. The predicted octanol–water partition coefficient (Wildman–Crippen LogP) is 3.26. The van der Waals surface area contributed by atoms with Crippen molar-refractivity contribution >= 4 is 6.09 Å². The molecule has 0 unspecified atom stereocenters. The molecule has 3 fully saturated rings. The number of carbonyl (C=O) groups is 1. The molecule has 5 heteroatoms. The van der Waals surface area contributed by atoms with Crippen LogP contribution in [0.3, 0.4) is 0 Å². The number of amides is 1. The summed E-state index contributed by atoms with van der Waals surface area (Å²) in [6.45, 7) is 1.57. The highest BCUT2D eigenvalue weighted by Crippen LogP contribution is 2.50. The quantitative estimate of drug-likeness (QED) is 0.847. The van der Waals surface area contributed by atoms with E-state index in [2.05, 4.69) is 4.98 Å². The first-order chi connectivity index (χ1) is 11.8. The van der Waals surface area contributed by atoms with E-state index in [1.807, 2.05) is 47.4 Å². The molecule has 0 N–H and O–H groups in total. The second-order valence-corrected chi connectivity index (χ2v) is 6.63. The van der Waals surface area contributed by atoms with E-state index in [4.69, 9.17) is 9.47 Å². The minimum absolute atomic E-state index is 0.214. The largest absolute Gasteiger partial charge is 0.490 e. The van der Waals surface area contributed by atoms with E-state index in [1.165, 1.54) is 0 Å². The number of hydrogen-bond donors (Lipinski definition) is 0. The molecule has 2 aromatic rings. The van der Waals surface area contributed by atoms with E-state index in [0.717, 1.165) is 30.7 Å². The first-order valence-corrected chi connectivity index (χ1v) is 8.26. The van der Waals surface area contributed by atoms with Gasteiger partial charge in [0.1, 0.15) is 19.0 Å². The fourth-order valence-corrected chi connectivity index (χ4v) is 3.73. The number of fused-ring (bicyclic) bond motifs is 1. The van der Waals surface area contributed by atoms with Gasteiger partial charge in [0.25, 0.3) is 0 Å². The summed E-state index contributed by atoms with van der Waals surface area (Å²) >= 11 is 0. The Kier molecular flexibility index (Phi) is 3.84. The minimum atomic E-state index is -0.242. The topological polar surface area (TPSA) is 51.7 Å². The van der Waals surface area contributed by atoms with Crippen LogP contribution in [0.1, 0.15) is 18.4 Å². The summed E-state index contributed by atoms with van der Waals surface area (Å²) in [6, 6.07) is 13.5. The zero-order chi connectivity index (χ0) is 16.4. The van der Waals surface area contributed by atoms with Crippen molar-refractivity contribution in [3.05, 3.63) is 60.4 Å². The van der Waals surface area contributed by atoms with Gasteiger partial charge >= 0.3 is 6.09 Å². The smallest absolute Gasteiger partial charge is 0.410 e. The molecular weight excluding hydrogens is 304 g/mol. The summed E-state index contributed by atoms with van der Waals surface area (Å²) in [7, 11) is 0. The number of pyridine rings is 1. The first kappa shape index (κ1) is 15.0. The number of rotatable bonds is 5. The van der Waals surface area contributed by atoms with Crippen LogP contribution >= 0.6 is 0 Å². The van der Waals surface area contributed by atoms with Crippen LogP contribution in [0.2, 0.25) is 0 Å². The molecule has 1 aromatic carbocycles. The third kappa shape index (κ3) is 2.82. The molecule has 1 aliphatic carbocycles. The van der Waals surface area contributed by atoms with Crippen molar-refractivity contribution in [3.63, 3.8) is 0 Å². The van der Waals surface area contributed by atoms with Crippen molar-refractivity contribution in [1.82, 2.24) is 9.88 Å². The maximum Gasteiger partial charge on any atom is 0.410 e. The Morgan fingerprint density at radius 3 is 2.79 bits per heavy atom. The molecule has 0 atom stereocenters. The van der Waals surface area contributed by atoms with Crippen LogP contribution in [-0.2, 0) is 11.3 Å². The van der Waals surface area contributed by atoms with Gasteiger partial charge in [-0.25, -0.2) is 4.79 Å². The van der Waals surface area contributed by atoms with E-state index in [0.29, 0.717) is 19.1 Å². The molecule has 3 aliphatic rings. The van der Waals surface area contributed by atoms with Crippen LogP contribution < -0.4 is 4.74 Å². The van der Waals surface area contributed by atoms with Crippen molar-refractivity contribution in [2.75, 3.05) is 13.2 Å². The van der Waals surface area contributed by atoms with Gasteiger partial charge in [-0.3, -0.25) is 9.88 Å². The van der Waals surface area contributed by atoms with Gasteiger partial charge in [-0.05, 0) is 36.5 Å². The molecule has 0 radical (unpaired) electrons. The average Bonchev–Trinajstić information content (AvgIpc) is 3.15. The van der Waals surface area contributed by atoms with Crippen LogP contribution in [-0.4, -0.2) is 34.7 Å². The molecule has 2 saturated heterocycles. The number of ether oxygens (including phenoxy) is 2. The standard InChI is InChI=1S/C19H20N2O3/c22-18(23-13-15-5-2-1-3-6-15)21-12-16-9-19(21,10-16)14-24-17-7-4-8-20-11-17/h1-8,11,16H,9-10,12-14H2. The number of aromatic nitrogens is 1. The lowest BCUT2D eigenvalue weighted by atomic mass is 9.74. The summed E-state index contributed by atoms with van der Waals surface area (Å²) < 4.78 is 11.4. The van der Waals surface area contributed by atoms with Gasteiger partial charge in [0, 0.05) is 12.7 Å². The number of hydrogen-bond acceptors (Lipinski definition) is 4. The summed E-state index contributed by atoms with van der Waals surface area (Å²) in [6.07, 6.45) is 5.16. The van der Waals surface area contributed by atoms with Crippen LogP contribution in [0, 0.1) is 5.92 Å². The minimum Gasteiger partial charge on any atom is -0.490 e. The molecule has 124 valence electrons. The van der Waals surface area contributed by atoms with E-state index in [-0.39, 0.29) is 11.6 Å². The van der Waals surface area contributed by atoms with Crippen molar-refractivity contribution in [3.8, 4) is 5.75 Å². The van der Waals surface area contributed by atoms with Gasteiger partial charge < -0.3 is 9.47 Å². The van der Waals surface area contributed by atoms with Crippen LogP contribution in [0.25, 0.3) is 0 Å². The Labute approximate surface area is 141 Å². The van der Waals surface area contributed by atoms with Gasteiger partial charge in [0.2, 0.25) is 0 Å². The Hall–Kier alpha value is -2.56. The molecule has 2 aliphatic heterocycles. The van der Waals surface area contributed by atoms with E-state index < -0.39 is 0 Å². The van der Waals surface area contributed by atoms with Gasteiger partial charge in [-0.15, -0.1) is 0 Å². The van der Waals surface area contributed by atoms with E-state index in [1.54, 1.807) is 12.4 Å². The Morgan fingerprint density at radius 1 is 1.21 bits per heavy atom. The SMILES string of the molecule is O=C(OCc1ccccc1)N1CC2CC1(COc1cccnc1)C2. The molecule has 0 spiro atoms. The summed E-state index contributed by atoms with van der Waals surface area (Å²) in [5.41, 5.74) is 0.784. The molecular formula is C19H20N2O3. The van der Waals surface area contributed by atoms with Crippen molar-refractivity contribution < 1.29 is 14.3 Å². The second-order valence-electron chi connectivity index (χ2n) is 6.63. The molecule has 1 aromatic heterocycles. The Balaban J connectivity index is 1.36. The van der Waals surface area contributed by atoms with Crippen molar-refractivity contribution in [2.45, 2.75) is 25.0 Å². The second kappa shape index (κ2) is 6.15. The average molecular weight is 324 g/mol. The highest BCUT2D eigenvalue weighted by Gasteiger charge is 2.59. The number of benzene rings is 1. The van der Waals surface area contributed by atoms with E-state index >= 15 is 0 Å². The van der Waals surface area contributed by atoms with Gasteiger partial charge in [0.05, 0.1) is 11.7 Å². The van der Waals surface area contributed by atoms with Gasteiger partial charge in [0.15, 0.2) is 0 Å². The van der Waals surface area contributed by atoms with E-state index in [9.17, 15) is 4.79 Å².